The predicted molar refractivity (Wildman–Crippen MR) is 75.3 cm³/mol. The van der Waals surface area contributed by atoms with Crippen LogP contribution in [0.25, 0.3) is 0 Å². The Morgan fingerprint density at radius 2 is 2.24 bits per heavy atom. The third-order valence-corrected chi connectivity index (χ3v) is 4.19. The van der Waals surface area contributed by atoms with Crippen molar-refractivity contribution in [2.24, 2.45) is 0 Å². The van der Waals surface area contributed by atoms with E-state index in [9.17, 15) is 4.79 Å². The normalized spacial score (nSPS) is 17.8. The topological polar surface area (TPSA) is 74.5 Å². The standard InChI is InChI=1S/C14H14N2O4S/c1-18-10-5-3-2-4-9(10)8-12-15-16-14(20-12)21-11-6-7-19-13(11)17/h2-5,11H,6-8H2,1H3/t11-/m0/s1. The van der Waals surface area contributed by atoms with Crippen LogP contribution in [0, 0.1) is 0 Å². The molecule has 0 saturated carbocycles. The number of esters is 1. The molecule has 0 N–H and O–H groups in total. The van der Waals surface area contributed by atoms with Gasteiger partial charge in [-0.2, -0.15) is 0 Å². The third-order valence-electron chi connectivity index (χ3n) is 3.11. The SMILES string of the molecule is COc1ccccc1Cc1nnc(S[C@H]2CCOC2=O)o1. The van der Waals surface area contributed by atoms with Gasteiger partial charge in [-0.05, 0) is 17.8 Å². The van der Waals surface area contributed by atoms with Crippen LogP contribution in [0.15, 0.2) is 33.9 Å². The van der Waals surface area contributed by atoms with Crippen LogP contribution in [0.2, 0.25) is 0 Å². The van der Waals surface area contributed by atoms with Crippen LogP contribution in [0.4, 0.5) is 0 Å². The lowest BCUT2D eigenvalue weighted by Gasteiger charge is -2.05. The Morgan fingerprint density at radius 1 is 1.38 bits per heavy atom. The summed E-state index contributed by atoms with van der Waals surface area (Å²) < 4.78 is 15.8. The van der Waals surface area contributed by atoms with Gasteiger partial charge in [0.05, 0.1) is 20.1 Å². The van der Waals surface area contributed by atoms with Gasteiger partial charge in [0.1, 0.15) is 11.0 Å². The molecule has 3 rings (SSSR count). The highest BCUT2D eigenvalue weighted by molar-refractivity contribution is 8.00. The van der Waals surface area contributed by atoms with E-state index in [1.165, 1.54) is 11.8 Å². The predicted octanol–water partition coefficient (Wildman–Crippen LogP) is 2.08. The number of methoxy groups -OCH3 is 1. The lowest BCUT2D eigenvalue weighted by Crippen LogP contribution is -2.09. The first kappa shape index (κ1) is 13.9. The summed E-state index contributed by atoms with van der Waals surface area (Å²) in [6, 6.07) is 7.67. The molecule has 0 amide bonds. The molecule has 110 valence electrons. The quantitative estimate of drug-likeness (QED) is 0.783. The Morgan fingerprint density at radius 3 is 3.00 bits per heavy atom. The number of carbonyl (C=O) groups excluding carboxylic acids is 1. The highest BCUT2D eigenvalue weighted by Gasteiger charge is 2.29. The summed E-state index contributed by atoms with van der Waals surface area (Å²) in [6.45, 7) is 0.457. The maximum atomic E-state index is 11.4. The van der Waals surface area contributed by atoms with E-state index >= 15 is 0 Å². The van der Waals surface area contributed by atoms with E-state index in [0.717, 1.165) is 11.3 Å². The molecule has 1 aromatic carbocycles. The van der Waals surface area contributed by atoms with Crippen LogP contribution in [0.5, 0.6) is 5.75 Å². The van der Waals surface area contributed by atoms with E-state index in [1.54, 1.807) is 7.11 Å². The second-order valence-corrected chi connectivity index (χ2v) is 5.67. The average Bonchev–Trinajstić information content (AvgIpc) is 3.10. The molecule has 1 aromatic heterocycles. The van der Waals surface area contributed by atoms with Gasteiger partial charge in [0, 0.05) is 12.0 Å². The van der Waals surface area contributed by atoms with Crippen LogP contribution >= 0.6 is 11.8 Å². The van der Waals surface area contributed by atoms with E-state index in [2.05, 4.69) is 10.2 Å². The average molecular weight is 306 g/mol. The Labute approximate surface area is 125 Å². The van der Waals surface area contributed by atoms with Gasteiger partial charge in [-0.25, -0.2) is 0 Å². The fourth-order valence-corrected chi connectivity index (χ4v) is 2.93. The molecule has 21 heavy (non-hydrogen) atoms. The van der Waals surface area contributed by atoms with Crippen molar-refractivity contribution in [2.45, 2.75) is 23.3 Å². The number of cyclic esters (lactones) is 1. The number of para-hydroxylation sites is 1. The molecule has 1 aliphatic heterocycles. The minimum Gasteiger partial charge on any atom is -0.496 e. The minimum atomic E-state index is -0.246. The van der Waals surface area contributed by atoms with E-state index in [0.29, 0.717) is 30.6 Å². The number of carbonyl (C=O) groups is 1. The number of aromatic nitrogens is 2. The fraction of sp³-hybridized carbons (Fsp3) is 0.357. The van der Waals surface area contributed by atoms with Gasteiger partial charge in [0.25, 0.3) is 5.22 Å². The first-order valence-electron chi connectivity index (χ1n) is 6.54. The Hall–Kier alpha value is -2.02. The molecule has 1 aliphatic rings. The zero-order chi connectivity index (χ0) is 14.7. The highest BCUT2D eigenvalue weighted by Crippen LogP contribution is 2.29. The third kappa shape index (κ3) is 3.18. The number of thioether (sulfide) groups is 1. The van der Waals surface area contributed by atoms with Crippen LogP contribution in [0.3, 0.4) is 0 Å². The summed E-state index contributed by atoms with van der Waals surface area (Å²) in [5.41, 5.74) is 0.973. The molecular formula is C14H14N2O4S. The molecule has 1 atom stereocenters. The van der Waals surface area contributed by atoms with Crippen molar-refractivity contribution in [1.82, 2.24) is 10.2 Å². The highest BCUT2D eigenvalue weighted by atomic mass is 32.2. The van der Waals surface area contributed by atoms with E-state index in [1.807, 2.05) is 24.3 Å². The van der Waals surface area contributed by atoms with Crippen LogP contribution in [-0.4, -0.2) is 35.1 Å². The van der Waals surface area contributed by atoms with Gasteiger partial charge in [0.15, 0.2) is 0 Å². The van der Waals surface area contributed by atoms with Crippen molar-refractivity contribution < 1.29 is 18.7 Å². The Balaban J connectivity index is 1.69. The second kappa shape index (κ2) is 6.17. The van der Waals surface area contributed by atoms with Gasteiger partial charge in [-0.15, -0.1) is 10.2 Å². The molecule has 7 heteroatoms. The molecule has 0 aliphatic carbocycles. The van der Waals surface area contributed by atoms with Gasteiger partial charge in [0.2, 0.25) is 5.89 Å². The lowest BCUT2D eigenvalue weighted by atomic mass is 10.1. The summed E-state index contributed by atoms with van der Waals surface area (Å²) in [4.78, 5) is 11.4. The molecule has 0 bridgehead atoms. The van der Waals surface area contributed by atoms with Crippen LogP contribution < -0.4 is 4.74 Å². The zero-order valence-electron chi connectivity index (χ0n) is 11.4. The summed E-state index contributed by atoms with van der Waals surface area (Å²) >= 11 is 1.25. The summed E-state index contributed by atoms with van der Waals surface area (Å²) in [5, 5.41) is 8.12. The Bertz CT molecular complexity index is 643. The lowest BCUT2D eigenvalue weighted by molar-refractivity contribution is -0.137. The van der Waals surface area contributed by atoms with Gasteiger partial charge in [-0.3, -0.25) is 4.79 Å². The van der Waals surface area contributed by atoms with Crippen LogP contribution in [-0.2, 0) is 16.0 Å². The molecule has 0 radical (unpaired) electrons. The van der Waals surface area contributed by atoms with Gasteiger partial charge in [-0.1, -0.05) is 18.2 Å². The van der Waals surface area contributed by atoms with Gasteiger partial charge < -0.3 is 13.9 Å². The van der Waals surface area contributed by atoms with Crippen molar-refractivity contribution in [3.8, 4) is 5.75 Å². The van der Waals surface area contributed by atoms with Crippen LogP contribution in [0.1, 0.15) is 17.9 Å². The summed E-state index contributed by atoms with van der Waals surface area (Å²) in [6.07, 6.45) is 1.17. The van der Waals surface area contributed by atoms with E-state index in [-0.39, 0.29) is 11.2 Å². The number of rotatable bonds is 5. The number of benzene rings is 1. The first-order valence-corrected chi connectivity index (χ1v) is 7.42. The smallest absolute Gasteiger partial charge is 0.319 e. The maximum Gasteiger partial charge on any atom is 0.319 e. The molecule has 6 nitrogen and oxygen atoms in total. The van der Waals surface area contributed by atoms with Gasteiger partial charge >= 0.3 is 5.97 Å². The molecule has 2 heterocycles. The molecule has 1 fully saturated rings. The molecule has 0 spiro atoms. The minimum absolute atomic E-state index is 0.218. The second-order valence-electron chi connectivity index (χ2n) is 4.51. The molecule has 2 aromatic rings. The maximum absolute atomic E-state index is 11.4. The van der Waals surface area contributed by atoms with E-state index in [4.69, 9.17) is 13.9 Å². The zero-order valence-corrected chi connectivity index (χ0v) is 12.3. The Kier molecular flexibility index (Phi) is 4.10. The van der Waals surface area contributed by atoms with E-state index < -0.39 is 0 Å². The molecule has 1 saturated heterocycles. The molecule has 0 unspecified atom stereocenters. The van der Waals surface area contributed by atoms with Crippen molar-refractivity contribution in [1.29, 1.82) is 0 Å². The first-order chi connectivity index (χ1) is 10.3. The van der Waals surface area contributed by atoms with Crippen molar-refractivity contribution in [3.05, 3.63) is 35.7 Å². The largest absolute Gasteiger partial charge is 0.496 e. The number of hydrogen-bond donors (Lipinski definition) is 0. The molecular weight excluding hydrogens is 292 g/mol. The van der Waals surface area contributed by atoms with Crippen molar-refractivity contribution in [2.75, 3.05) is 13.7 Å². The number of ether oxygens (including phenoxy) is 2. The monoisotopic (exact) mass is 306 g/mol. The van der Waals surface area contributed by atoms with Crippen molar-refractivity contribution >= 4 is 17.7 Å². The number of hydrogen-bond acceptors (Lipinski definition) is 7. The van der Waals surface area contributed by atoms with Crippen molar-refractivity contribution in [3.63, 3.8) is 0 Å². The summed E-state index contributed by atoms with van der Waals surface area (Å²) in [5.74, 6) is 1.06. The fourth-order valence-electron chi connectivity index (χ4n) is 2.08. The number of nitrogens with zero attached hydrogens (tertiary/aromatic N) is 2. The summed E-state index contributed by atoms with van der Waals surface area (Å²) in [7, 11) is 1.62.